The number of pyridine rings is 1. The molecule has 1 rings (SSSR count). The molecule has 0 aliphatic rings. The quantitative estimate of drug-likeness (QED) is 0.491. The zero-order valence-electron chi connectivity index (χ0n) is 11.2. The Kier molecular flexibility index (Phi) is 6.24. The van der Waals surface area contributed by atoms with Gasteiger partial charge < -0.3 is 26.2 Å². The Labute approximate surface area is 116 Å². The van der Waals surface area contributed by atoms with Crippen LogP contribution in [0.25, 0.3) is 0 Å². The number of nitrogen functional groups attached to an aromatic ring is 1. The van der Waals surface area contributed by atoms with Gasteiger partial charge in [-0.1, -0.05) is 0 Å². The molecule has 0 unspecified atom stereocenters. The standard InChI is InChI=1S/C12H18N4O4/c1-20-5-4-15-11(17)2-3-14-10-6-8(12(18)19)9(13)7-16-10/h6-7H,2-5,13H2,1H3,(H,14,16)(H,15,17)(H,18,19). The highest BCUT2D eigenvalue weighted by molar-refractivity contribution is 5.94. The van der Waals surface area contributed by atoms with Crippen molar-refractivity contribution in [2.45, 2.75) is 6.42 Å². The van der Waals surface area contributed by atoms with Crippen LogP contribution in [-0.2, 0) is 9.53 Å². The zero-order chi connectivity index (χ0) is 15.0. The van der Waals surface area contributed by atoms with Crippen molar-refractivity contribution in [3.05, 3.63) is 17.8 Å². The third-order valence-corrected chi connectivity index (χ3v) is 2.45. The van der Waals surface area contributed by atoms with Gasteiger partial charge in [0.25, 0.3) is 0 Å². The highest BCUT2D eigenvalue weighted by Gasteiger charge is 2.09. The maximum absolute atomic E-state index is 11.4. The van der Waals surface area contributed by atoms with E-state index in [1.54, 1.807) is 7.11 Å². The number of nitrogens with two attached hydrogens (primary N) is 1. The van der Waals surface area contributed by atoms with E-state index in [0.717, 1.165) is 0 Å². The summed E-state index contributed by atoms with van der Waals surface area (Å²) in [6, 6.07) is 1.33. The molecule has 0 spiro atoms. The lowest BCUT2D eigenvalue weighted by Crippen LogP contribution is -2.28. The molecule has 1 aromatic rings. The van der Waals surface area contributed by atoms with Gasteiger partial charge in [0.2, 0.25) is 5.91 Å². The summed E-state index contributed by atoms with van der Waals surface area (Å²) >= 11 is 0. The largest absolute Gasteiger partial charge is 0.478 e. The van der Waals surface area contributed by atoms with Crippen molar-refractivity contribution >= 4 is 23.4 Å². The number of nitrogens with zero attached hydrogens (tertiary/aromatic N) is 1. The molecule has 0 saturated heterocycles. The van der Waals surface area contributed by atoms with Gasteiger partial charge in [-0.2, -0.15) is 0 Å². The Morgan fingerprint density at radius 3 is 2.85 bits per heavy atom. The zero-order valence-corrected chi connectivity index (χ0v) is 11.2. The van der Waals surface area contributed by atoms with E-state index in [1.807, 2.05) is 0 Å². The summed E-state index contributed by atoms with van der Waals surface area (Å²) < 4.78 is 4.81. The predicted octanol–water partition coefficient (Wildman–Crippen LogP) is -0.0734. The minimum atomic E-state index is -1.12. The molecular formula is C12H18N4O4. The number of methoxy groups -OCH3 is 1. The first-order valence-corrected chi connectivity index (χ1v) is 6.03. The number of nitrogens with one attached hydrogen (secondary N) is 2. The molecule has 0 aliphatic carbocycles. The maximum Gasteiger partial charge on any atom is 0.337 e. The predicted molar refractivity (Wildman–Crippen MR) is 73.6 cm³/mol. The molecule has 1 aromatic heterocycles. The van der Waals surface area contributed by atoms with Crippen molar-refractivity contribution in [1.29, 1.82) is 0 Å². The summed E-state index contributed by atoms with van der Waals surface area (Å²) in [6.07, 6.45) is 1.52. The van der Waals surface area contributed by atoms with Crippen molar-refractivity contribution in [1.82, 2.24) is 10.3 Å². The lowest BCUT2D eigenvalue weighted by atomic mass is 10.2. The van der Waals surface area contributed by atoms with Crippen LogP contribution in [-0.4, -0.2) is 48.8 Å². The summed E-state index contributed by atoms with van der Waals surface area (Å²) in [4.78, 5) is 26.2. The number of rotatable bonds is 8. The monoisotopic (exact) mass is 282 g/mol. The number of amides is 1. The lowest BCUT2D eigenvalue weighted by Gasteiger charge is -2.08. The average molecular weight is 282 g/mol. The van der Waals surface area contributed by atoms with Gasteiger partial charge in [-0.3, -0.25) is 4.79 Å². The summed E-state index contributed by atoms with van der Waals surface area (Å²) in [7, 11) is 1.56. The molecule has 5 N–H and O–H groups in total. The molecule has 0 radical (unpaired) electrons. The molecule has 0 bridgehead atoms. The molecule has 0 aliphatic heterocycles. The summed E-state index contributed by atoms with van der Waals surface area (Å²) in [5.41, 5.74) is 5.56. The molecule has 0 saturated carbocycles. The SMILES string of the molecule is COCCNC(=O)CCNc1cc(C(=O)O)c(N)cn1. The molecule has 0 fully saturated rings. The van der Waals surface area contributed by atoms with Crippen LogP contribution in [0.3, 0.4) is 0 Å². The van der Waals surface area contributed by atoms with Crippen LogP contribution in [0.5, 0.6) is 0 Å². The van der Waals surface area contributed by atoms with Crippen molar-refractivity contribution in [2.75, 3.05) is 37.9 Å². The molecule has 0 atom stereocenters. The summed E-state index contributed by atoms with van der Waals surface area (Å²) in [5.74, 6) is -0.880. The molecule has 110 valence electrons. The topological polar surface area (TPSA) is 127 Å². The van der Waals surface area contributed by atoms with E-state index < -0.39 is 5.97 Å². The number of hydrogen-bond donors (Lipinski definition) is 4. The fourth-order valence-electron chi connectivity index (χ4n) is 1.43. The fraction of sp³-hybridized carbons (Fsp3) is 0.417. The van der Waals surface area contributed by atoms with Gasteiger partial charge in [0.1, 0.15) is 5.82 Å². The van der Waals surface area contributed by atoms with E-state index in [-0.39, 0.29) is 23.6 Å². The van der Waals surface area contributed by atoms with Gasteiger partial charge >= 0.3 is 5.97 Å². The average Bonchev–Trinajstić information content (AvgIpc) is 2.40. The second-order valence-corrected chi connectivity index (χ2v) is 3.98. The molecule has 8 nitrogen and oxygen atoms in total. The summed E-state index contributed by atoms with van der Waals surface area (Å²) in [5, 5.41) is 14.4. The first-order chi connectivity index (χ1) is 9.54. The number of hydrogen-bond acceptors (Lipinski definition) is 6. The van der Waals surface area contributed by atoms with Crippen LogP contribution >= 0.6 is 0 Å². The lowest BCUT2D eigenvalue weighted by molar-refractivity contribution is -0.121. The third-order valence-electron chi connectivity index (χ3n) is 2.45. The van der Waals surface area contributed by atoms with Crippen molar-refractivity contribution in [2.24, 2.45) is 0 Å². The molecular weight excluding hydrogens is 264 g/mol. The van der Waals surface area contributed by atoms with E-state index in [0.29, 0.717) is 25.5 Å². The number of carbonyl (C=O) groups is 2. The van der Waals surface area contributed by atoms with Crippen LogP contribution in [0.4, 0.5) is 11.5 Å². The molecule has 0 aromatic carbocycles. The Morgan fingerprint density at radius 1 is 1.45 bits per heavy atom. The van der Waals surface area contributed by atoms with E-state index in [1.165, 1.54) is 12.3 Å². The molecule has 1 amide bonds. The van der Waals surface area contributed by atoms with E-state index in [4.69, 9.17) is 15.6 Å². The first kappa shape index (κ1) is 15.7. The number of carboxylic acid groups (broad SMARTS) is 1. The van der Waals surface area contributed by atoms with Crippen LogP contribution in [0.15, 0.2) is 12.3 Å². The van der Waals surface area contributed by atoms with Gasteiger partial charge in [-0.05, 0) is 6.07 Å². The highest BCUT2D eigenvalue weighted by Crippen LogP contribution is 2.14. The smallest absolute Gasteiger partial charge is 0.337 e. The molecule has 1 heterocycles. The Bertz CT molecular complexity index is 479. The van der Waals surface area contributed by atoms with Gasteiger partial charge in [-0.25, -0.2) is 9.78 Å². The van der Waals surface area contributed by atoms with Gasteiger partial charge in [0.05, 0.1) is 24.1 Å². The van der Waals surface area contributed by atoms with Crippen LogP contribution in [0.2, 0.25) is 0 Å². The molecule has 20 heavy (non-hydrogen) atoms. The second kappa shape index (κ2) is 7.95. The third kappa shape index (κ3) is 5.11. The van der Waals surface area contributed by atoms with Gasteiger partial charge in [0, 0.05) is 26.6 Å². The van der Waals surface area contributed by atoms with E-state index >= 15 is 0 Å². The minimum absolute atomic E-state index is 0.0213. The number of aromatic carboxylic acids is 1. The highest BCUT2D eigenvalue weighted by atomic mass is 16.5. The number of carbonyl (C=O) groups excluding carboxylic acids is 1. The van der Waals surface area contributed by atoms with Gasteiger partial charge in [0.15, 0.2) is 0 Å². The summed E-state index contributed by atoms with van der Waals surface area (Å²) in [6.45, 7) is 1.26. The van der Waals surface area contributed by atoms with E-state index in [9.17, 15) is 9.59 Å². The Hall–Kier alpha value is -2.35. The fourth-order valence-corrected chi connectivity index (χ4v) is 1.43. The normalized spacial score (nSPS) is 10.1. The molecule has 8 heteroatoms. The minimum Gasteiger partial charge on any atom is -0.478 e. The number of aromatic nitrogens is 1. The number of anilines is 2. The van der Waals surface area contributed by atoms with Crippen molar-refractivity contribution in [3.63, 3.8) is 0 Å². The second-order valence-electron chi connectivity index (χ2n) is 3.98. The van der Waals surface area contributed by atoms with E-state index in [2.05, 4.69) is 15.6 Å². The van der Waals surface area contributed by atoms with Crippen molar-refractivity contribution in [3.8, 4) is 0 Å². The first-order valence-electron chi connectivity index (χ1n) is 6.03. The van der Waals surface area contributed by atoms with Crippen molar-refractivity contribution < 1.29 is 19.4 Å². The van der Waals surface area contributed by atoms with Crippen LogP contribution in [0, 0.1) is 0 Å². The number of carboxylic acids is 1. The van der Waals surface area contributed by atoms with Gasteiger partial charge in [-0.15, -0.1) is 0 Å². The Balaban J connectivity index is 2.40. The van der Waals surface area contributed by atoms with Crippen LogP contribution < -0.4 is 16.4 Å². The van der Waals surface area contributed by atoms with Crippen LogP contribution in [0.1, 0.15) is 16.8 Å². The number of ether oxygens (including phenoxy) is 1. The Morgan fingerprint density at radius 2 is 2.20 bits per heavy atom. The maximum atomic E-state index is 11.4.